The van der Waals surface area contributed by atoms with E-state index < -0.39 is 0 Å². The molecule has 1 aliphatic heterocycles. The lowest BCUT2D eigenvalue weighted by Crippen LogP contribution is -2.37. The molecule has 2 N–H and O–H groups in total. The van der Waals surface area contributed by atoms with Gasteiger partial charge in [-0.05, 0) is 37.6 Å². The van der Waals surface area contributed by atoms with Crippen molar-refractivity contribution >= 4 is 0 Å². The van der Waals surface area contributed by atoms with Crippen molar-refractivity contribution in [2.45, 2.75) is 38.9 Å². The fraction of sp³-hybridized carbons (Fsp3) is 0.353. The number of rotatable bonds is 4. The quantitative estimate of drug-likeness (QED) is 0.771. The molecular formula is C17H19FN6. The number of hydrogen-bond donors (Lipinski definition) is 2. The standard InChI is InChI=1S/C17H19FN6/c1-11-21-22-16-7-6-15(10-24(11)16)19-8-13-9-20-23-17(13)12-2-4-14(18)5-3-12/h2-5,9,15,19H,6-8,10H2,1H3,(H,20,23)/t15-/m0/s1. The Balaban J connectivity index is 1.45. The third kappa shape index (κ3) is 2.82. The molecule has 0 aliphatic carbocycles. The molecule has 0 unspecified atom stereocenters. The van der Waals surface area contributed by atoms with Crippen LogP contribution in [0.5, 0.6) is 0 Å². The molecule has 1 aliphatic rings. The summed E-state index contributed by atoms with van der Waals surface area (Å²) in [5.41, 5.74) is 2.94. The van der Waals surface area contributed by atoms with Gasteiger partial charge in [0.15, 0.2) is 0 Å². The first-order valence-electron chi connectivity index (χ1n) is 8.11. The predicted octanol–water partition coefficient (Wildman–Crippen LogP) is 2.22. The van der Waals surface area contributed by atoms with Gasteiger partial charge in [-0.15, -0.1) is 10.2 Å². The van der Waals surface area contributed by atoms with E-state index in [1.54, 1.807) is 12.1 Å². The highest BCUT2D eigenvalue weighted by Gasteiger charge is 2.21. The predicted molar refractivity (Wildman–Crippen MR) is 87.7 cm³/mol. The summed E-state index contributed by atoms with van der Waals surface area (Å²) in [6, 6.07) is 6.83. The summed E-state index contributed by atoms with van der Waals surface area (Å²) in [5.74, 6) is 1.80. The van der Waals surface area contributed by atoms with Crippen LogP contribution in [0.2, 0.25) is 0 Å². The SMILES string of the molecule is Cc1nnc2n1C[C@@H](NCc1cn[nH]c1-c1ccc(F)cc1)CC2. The molecule has 0 bridgehead atoms. The lowest BCUT2D eigenvalue weighted by Gasteiger charge is -2.25. The van der Waals surface area contributed by atoms with Gasteiger partial charge >= 0.3 is 0 Å². The fourth-order valence-corrected chi connectivity index (χ4v) is 3.19. The fourth-order valence-electron chi connectivity index (χ4n) is 3.19. The van der Waals surface area contributed by atoms with Crippen molar-refractivity contribution in [1.29, 1.82) is 0 Å². The van der Waals surface area contributed by atoms with Crippen LogP contribution in [-0.2, 0) is 19.5 Å². The van der Waals surface area contributed by atoms with E-state index in [0.29, 0.717) is 12.6 Å². The van der Waals surface area contributed by atoms with Crippen molar-refractivity contribution in [2.24, 2.45) is 0 Å². The molecule has 0 amide bonds. The highest BCUT2D eigenvalue weighted by Crippen LogP contribution is 2.22. The number of fused-ring (bicyclic) bond motifs is 1. The third-order valence-corrected chi connectivity index (χ3v) is 4.56. The van der Waals surface area contributed by atoms with E-state index in [1.165, 1.54) is 12.1 Å². The summed E-state index contributed by atoms with van der Waals surface area (Å²) in [7, 11) is 0. The maximum atomic E-state index is 13.1. The summed E-state index contributed by atoms with van der Waals surface area (Å²) < 4.78 is 15.3. The van der Waals surface area contributed by atoms with Crippen LogP contribution >= 0.6 is 0 Å². The van der Waals surface area contributed by atoms with E-state index in [0.717, 1.165) is 47.9 Å². The summed E-state index contributed by atoms with van der Waals surface area (Å²) >= 11 is 0. The van der Waals surface area contributed by atoms with Gasteiger partial charge in [0.1, 0.15) is 17.5 Å². The van der Waals surface area contributed by atoms with Crippen molar-refractivity contribution in [3.63, 3.8) is 0 Å². The Morgan fingerprint density at radius 3 is 2.96 bits per heavy atom. The topological polar surface area (TPSA) is 71.4 Å². The highest BCUT2D eigenvalue weighted by molar-refractivity contribution is 5.62. The minimum absolute atomic E-state index is 0.236. The molecule has 1 aromatic carbocycles. The van der Waals surface area contributed by atoms with Gasteiger partial charge in [0.05, 0.1) is 11.9 Å². The minimum atomic E-state index is -0.236. The van der Waals surface area contributed by atoms with Gasteiger partial charge in [-0.3, -0.25) is 5.10 Å². The molecule has 2 aromatic heterocycles. The van der Waals surface area contributed by atoms with Crippen molar-refractivity contribution in [3.8, 4) is 11.3 Å². The number of nitrogens with zero attached hydrogens (tertiary/aromatic N) is 4. The van der Waals surface area contributed by atoms with Gasteiger partial charge < -0.3 is 9.88 Å². The highest BCUT2D eigenvalue weighted by atomic mass is 19.1. The number of nitrogens with one attached hydrogen (secondary N) is 2. The number of aromatic nitrogens is 5. The van der Waals surface area contributed by atoms with Crippen LogP contribution in [0.15, 0.2) is 30.5 Å². The number of aromatic amines is 1. The van der Waals surface area contributed by atoms with Gasteiger partial charge in [-0.2, -0.15) is 5.10 Å². The first kappa shape index (κ1) is 15.0. The molecule has 0 spiro atoms. The monoisotopic (exact) mass is 326 g/mol. The van der Waals surface area contributed by atoms with E-state index in [4.69, 9.17) is 0 Å². The smallest absolute Gasteiger partial charge is 0.133 e. The molecule has 1 atom stereocenters. The van der Waals surface area contributed by atoms with Crippen LogP contribution in [0.4, 0.5) is 4.39 Å². The van der Waals surface area contributed by atoms with E-state index in [2.05, 4.69) is 30.3 Å². The molecule has 0 radical (unpaired) electrons. The Morgan fingerprint density at radius 1 is 1.29 bits per heavy atom. The third-order valence-electron chi connectivity index (χ3n) is 4.56. The van der Waals surface area contributed by atoms with Gasteiger partial charge in [-0.25, -0.2) is 4.39 Å². The summed E-state index contributed by atoms with van der Waals surface area (Å²) in [4.78, 5) is 0. The van der Waals surface area contributed by atoms with Gasteiger partial charge in [0.2, 0.25) is 0 Å². The minimum Gasteiger partial charge on any atom is -0.314 e. The molecule has 3 heterocycles. The normalized spacial score (nSPS) is 17.0. The van der Waals surface area contributed by atoms with Crippen molar-refractivity contribution in [1.82, 2.24) is 30.3 Å². The molecule has 4 rings (SSSR count). The second kappa shape index (κ2) is 6.16. The van der Waals surface area contributed by atoms with Crippen LogP contribution in [0.1, 0.15) is 23.6 Å². The second-order valence-corrected chi connectivity index (χ2v) is 6.17. The summed E-state index contributed by atoms with van der Waals surface area (Å²) in [6.07, 6.45) is 3.81. The number of aryl methyl sites for hydroxylation is 2. The Morgan fingerprint density at radius 2 is 2.12 bits per heavy atom. The largest absolute Gasteiger partial charge is 0.314 e. The van der Waals surface area contributed by atoms with Crippen molar-refractivity contribution in [3.05, 3.63) is 53.5 Å². The lowest BCUT2D eigenvalue weighted by molar-refractivity contribution is 0.375. The average Bonchev–Trinajstić information content (AvgIpc) is 3.21. The lowest BCUT2D eigenvalue weighted by atomic mass is 10.1. The molecular weight excluding hydrogens is 307 g/mol. The van der Waals surface area contributed by atoms with Gasteiger partial charge in [0, 0.05) is 36.7 Å². The maximum absolute atomic E-state index is 13.1. The first-order valence-corrected chi connectivity index (χ1v) is 8.11. The van der Waals surface area contributed by atoms with E-state index in [1.807, 2.05) is 13.1 Å². The number of halogens is 1. The first-order chi connectivity index (χ1) is 11.7. The molecule has 6 nitrogen and oxygen atoms in total. The molecule has 0 saturated carbocycles. The molecule has 7 heteroatoms. The van der Waals surface area contributed by atoms with Crippen LogP contribution in [0, 0.1) is 12.7 Å². The van der Waals surface area contributed by atoms with Gasteiger partial charge in [0.25, 0.3) is 0 Å². The summed E-state index contributed by atoms with van der Waals surface area (Å²) in [6.45, 7) is 3.59. The molecule has 24 heavy (non-hydrogen) atoms. The van der Waals surface area contributed by atoms with Crippen LogP contribution in [0.25, 0.3) is 11.3 Å². The number of benzene rings is 1. The van der Waals surface area contributed by atoms with Crippen molar-refractivity contribution in [2.75, 3.05) is 0 Å². The number of H-pyrrole nitrogens is 1. The zero-order valence-electron chi connectivity index (χ0n) is 13.5. The Bertz CT molecular complexity index is 835. The zero-order chi connectivity index (χ0) is 16.5. The van der Waals surface area contributed by atoms with Gasteiger partial charge in [-0.1, -0.05) is 0 Å². The Hall–Kier alpha value is -2.54. The number of hydrogen-bond acceptors (Lipinski definition) is 4. The average molecular weight is 326 g/mol. The van der Waals surface area contributed by atoms with Crippen molar-refractivity contribution < 1.29 is 4.39 Å². The Kier molecular flexibility index (Phi) is 3.86. The molecule has 0 saturated heterocycles. The zero-order valence-corrected chi connectivity index (χ0v) is 13.5. The van der Waals surface area contributed by atoms with E-state index in [-0.39, 0.29) is 5.82 Å². The molecule has 3 aromatic rings. The van der Waals surface area contributed by atoms with Crippen LogP contribution in [0.3, 0.4) is 0 Å². The second-order valence-electron chi connectivity index (χ2n) is 6.17. The van der Waals surface area contributed by atoms with E-state index in [9.17, 15) is 4.39 Å². The Labute approximate surface area is 139 Å². The maximum Gasteiger partial charge on any atom is 0.133 e. The molecule has 124 valence electrons. The summed E-state index contributed by atoms with van der Waals surface area (Å²) in [5, 5.41) is 19.1. The van der Waals surface area contributed by atoms with Crippen LogP contribution in [-0.4, -0.2) is 31.0 Å². The molecule has 0 fully saturated rings. The van der Waals surface area contributed by atoms with E-state index >= 15 is 0 Å². The van der Waals surface area contributed by atoms with Crippen LogP contribution < -0.4 is 5.32 Å².